The van der Waals surface area contributed by atoms with E-state index in [0.717, 1.165) is 25.8 Å². The van der Waals surface area contributed by atoms with E-state index >= 15 is 0 Å². The molecule has 0 unspecified atom stereocenters. The molecule has 3 amide bonds. The van der Waals surface area contributed by atoms with Crippen molar-refractivity contribution in [3.8, 4) is 0 Å². The molecule has 10 nitrogen and oxygen atoms in total. The number of amides is 3. The maximum absolute atomic E-state index is 11.1. The average Bonchev–Trinajstić information content (AvgIpc) is 3.09. The Morgan fingerprint density at radius 2 is 1.35 bits per heavy atom. The highest BCUT2D eigenvalue weighted by Gasteiger charge is 2.21. The van der Waals surface area contributed by atoms with Gasteiger partial charge in [-0.15, -0.1) is 0 Å². The zero-order valence-electron chi connectivity index (χ0n) is 20.7. The second-order valence-electron chi connectivity index (χ2n) is 6.95. The van der Waals surface area contributed by atoms with Gasteiger partial charge in [0.2, 0.25) is 5.91 Å². The number of imide groups is 1. The molecule has 0 radical (unpaired) electrons. The molecule has 0 aromatic carbocycles. The van der Waals surface area contributed by atoms with Crippen LogP contribution in [0, 0.1) is 0 Å². The molecule has 1 rings (SSSR count). The number of hydrogen-bond donors (Lipinski definition) is 1. The van der Waals surface area contributed by atoms with E-state index < -0.39 is 11.9 Å². The lowest BCUT2D eigenvalue weighted by Gasteiger charge is -2.12. The molecule has 0 aromatic heterocycles. The molecule has 0 saturated heterocycles. The van der Waals surface area contributed by atoms with Gasteiger partial charge in [-0.2, -0.15) is 9.59 Å². The largest absolute Gasteiger partial charge is 0.394 e. The lowest BCUT2D eigenvalue weighted by Crippen LogP contribution is -2.30. The number of carbonyl (C=O) groups is 5. The molecule has 0 aliphatic carbocycles. The molecule has 0 spiro atoms. The predicted molar refractivity (Wildman–Crippen MR) is 125 cm³/mol. The SMILES string of the molecule is C=CC(=O)NCCCCCC.CC(=O)OC(C)=O.CCCCCCN1C(=O)C=CC1=O.O=C=O. The summed E-state index contributed by atoms with van der Waals surface area (Å²) in [5.74, 6) is -1.52. The smallest absolute Gasteiger partial charge is 0.373 e. The van der Waals surface area contributed by atoms with Gasteiger partial charge in [-0.3, -0.25) is 28.9 Å². The molecule has 10 heteroatoms. The Bertz CT molecular complexity index is 665. The summed E-state index contributed by atoms with van der Waals surface area (Å²) in [4.78, 5) is 69.9. The fourth-order valence-electron chi connectivity index (χ4n) is 2.39. The summed E-state index contributed by atoms with van der Waals surface area (Å²) in [5.41, 5.74) is 0. The van der Waals surface area contributed by atoms with Crippen LogP contribution in [0.1, 0.15) is 79.1 Å². The molecule has 192 valence electrons. The summed E-state index contributed by atoms with van der Waals surface area (Å²) >= 11 is 0. The summed E-state index contributed by atoms with van der Waals surface area (Å²) in [6.45, 7) is 11.4. The quantitative estimate of drug-likeness (QED) is 0.156. The molecule has 0 saturated carbocycles. The normalized spacial score (nSPS) is 10.9. The summed E-state index contributed by atoms with van der Waals surface area (Å²) in [6.07, 6.45) is 13.3. The second kappa shape index (κ2) is 25.9. The average molecular weight is 483 g/mol. The molecule has 0 fully saturated rings. The lowest BCUT2D eigenvalue weighted by molar-refractivity contribution is -0.192. The molecule has 1 aliphatic heterocycles. The first-order valence-corrected chi connectivity index (χ1v) is 11.2. The maximum Gasteiger partial charge on any atom is 0.373 e. The van der Waals surface area contributed by atoms with E-state index in [1.54, 1.807) is 0 Å². The Morgan fingerprint density at radius 1 is 0.912 bits per heavy atom. The van der Waals surface area contributed by atoms with Crippen molar-refractivity contribution in [1.29, 1.82) is 0 Å². The number of ether oxygens (including phenoxy) is 1. The number of unbranched alkanes of at least 4 members (excludes halogenated alkanes) is 6. The molecule has 0 atom stereocenters. The van der Waals surface area contributed by atoms with Gasteiger partial charge in [-0.25, -0.2) is 0 Å². The van der Waals surface area contributed by atoms with Gasteiger partial charge < -0.3 is 10.1 Å². The molecule has 1 N–H and O–H groups in total. The van der Waals surface area contributed by atoms with E-state index in [1.165, 1.54) is 69.1 Å². The van der Waals surface area contributed by atoms with Gasteiger partial charge in [0.25, 0.3) is 11.8 Å². The minimum Gasteiger partial charge on any atom is -0.394 e. The van der Waals surface area contributed by atoms with E-state index in [2.05, 4.69) is 30.5 Å². The summed E-state index contributed by atoms with van der Waals surface area (Å²) in [5, 5.41) is 2.73. The van der Waals surface area contributed by atoms with Gasteiger partial charge in [0.1, 0.15) is 0 Å². The van der Waals surface area contributed by atoms with Crippen LogP contribution in [0.4, 0.5) is 0 Å². The minimum absolute atomic E-state index is 0.0681. The van der Waals surface area contributed by atoms with Gasteiger partial charge in [0, 0.05) is 39.1 Å². The van der Waals surface area contributed by atoms with Crippen LogP contribution < -0.4 is 5.32 Å². The van der Waals surface area contributed by atoms with Gasteiger partial charge in [0.05, 0.1) is 0 Å². The van der Waals surface area contributed by atoms with E-state index in [-0.39, 0.29) is 23.9 Å². The van der Waals surface area contributed by atoms with Crippen LogP contribution in [-0.4, -0.2) is 53.8 Å². The van der Waals surface area contributed by atoms with E-state index in [9.17, 15) is 24.0 Å². The predicted octanol–water partition coefficient (Wildman–Crippen LogP) is 2.87. The van der Waals surface area contributed by atoms with Crippen LogP contribution in [-0.2, 0) is 38.3 Å². The highest BCUT2D eigenvalue weighted by Crippen LogP contribution is 2.07. The monoisotopic (exact) mass is 482 g/mol. The third kappa shape index (κ3) is 26.6. The van der Waals surface area contributed by atoms with Gasteiger partial charge >= 0.3 is 18.1 Å². The van der Waals surface area contributed by atoms with Crippen molar-refractivity contribution in [3.05, 3.63) is 24.8 Å². The van der Waals surface area contributed by atoms with E-state index in [1.807, 2.05) is 0 Å². The van der Waals surface area contributed by atoms with Crippen LogP contribution >= 0.6 is 0 Å². The highest BCUT2D eigenvalue weighted by molar-refractivity contribution is 6.12. The van der Waals surface area contributed by atoms with Crippen LogP contribution in [0.15, 0.2) is 24.8 Å². The Morgan fingerprint density at radius 3 is 1.71 bits per heavy atom. The fourth-order valence-corrected chi connectivity index (χ4v) is 2.39. The van der Waals surface area contributed by atoms with Crippen LogP contribution in [0.5, 0.6) is 0 Å². The van der Waals surface area contributed by atoms with Crippen molar-refractivity contribution in [1.82, 2.24) is 10.2 Å². The molecule has 1 heterocycles. The fraction of sp³-hybridized carbons (Fsp3) is 0.583. The van der Waals surface area contributed by atoms with Crippen molar-refractivity contribution >= 4 is 35.8 Å². The van der Waals surface area contributed by atoms with Crippen molar-refractivity contribution in [2.45, 2.75) is 79.1 Å². The third-order valence-electron chi connectivity index (χ3n) is 3.94. The number of hydrogen-bond acceptors (Lipinski definition) is 8. The van der Waals surface area contributed by atoms with Gasteiger partial charge in [0.15, 0.2) is 0 Å². The van der Waals surface area contributed by atoms with Crippen molar-refractivity contribution < 1.29 is 38.3 Å². The van der Waals surface area contributed by atoms with Crippen LogP contribution in [0.3, 0.4) is 0 Å². The third-order valence-corrected chi connectivity index (χ3v) is 3.94. The first kappa shape index (κ1) is 35.2. The van der Waals surface area contributed by atoms with Crippen molar-refractivity contribution in [3.63, 3.8) is 0 Å². The molecule has 0 aromatic rings. The second-order valence-corrected chi connectivity index (χ2v) is 6.95. The Labute approximate surface area is 201 Å². The zero-order valence-corrected chi connectivity index (χ0v) is 20.7. The number of carbonyl (C=O) groups excluding carboxylic acids is 7. The van der Waals surface area contributed by atoms with E-state index in [0.29, 0.717) is 6.54 Å². The number of rotatable bonds is 11. The maximum atomic E-state index is 11.1. The standard InChI is InChI=1S/C10H15NO2.C9H17NO.C4H6O3.CO2/c1-2-3-4-5-8-11-9(12)6-7-10(11)13;1-3-5-6-7-8-10-9(11)4-2;1-3(5)7-4(2)6;2-1-3/h6-7H,2-5,8H2,1H3;4H,2-3,5-8H2,1H3,(H,10,11);1-2H3;. The lowest BCUT2D eigenvalue weighted by atomic mass is 10.2. The first-order chi connectivity index (χ1) is 16.1. The van der Waals surface area contributed by atoms with Crippen molar-refractivity contribution in [2.75, 3.05) is 13.1 Å². The van der Waals surface area contributed by atoms with E-state index in [4.69, 9.17) is 9.59 Å². The van der Waals surface area contributed by atoms with Gasteiger partial charge in [-0.05, 0) is 18.9 Å². The summed E-state index contributed by atoms with van der Waals surface area (Å²) in [6, 6.07) is 0. The van der Waals surface area contributed by atoms with Crippen LogP contribution in [0.25, 0.3) is 0 Å². The summed E-state index contributed by atoms with van der Waals surface area (Å²) < 4.78 is 3.97. The Hall–Kier alpha value is -3.39. The molecule has 1 aliphatic rings. The molecular formula is C24H38N2O8. The zero-order chi connectivity index (χ0) is 26.8. The molecule has 0 bridgehead atoms. The number of nitrogens with zero attached hydrogens (tertiary/aromatic N) is 1. The Balaban J connectivity index is -0.000000416. The summed E-state index contributed by atoms with van der Waals surface area (Å²) in [7, 11) is 0. The topological polar surface area (TPSA) is 144 Å². The number of nitrogens with one attached hydrogen (secondary N) is 1. The number of esters is 2. The van der Waals surface area contributed by atoms with Crippen LogP contribution in [0.2, 0.25) is 0 Å². The minimum atomic E-state index is -0.562. The highest BCUT2D eigenvalue weighted by atomic mass is 16.6. The first-order valence-electron chi connectivity index (χ1n) is 11.2. The van der Waals surface area contributed by atoms with Gasteiger partial charge in [-0.1, -0.05) is 59.0 Å². The molecule has 34 heavy (non-hydrogen) atoms. The molecular weight excluding hydrogens is 444 g/mol. The van der Waals surface area contributed by atoms with Crippen molar-refractivity contribution in [2.24, 2.45) is 0 Å². The Kier molecular flexibility index (Phi) is 26.8.